The normalized spacial score (nSPS) is 11.3. The number of nitrogens with one attached hydrogen (secondary N) is 1. The number of aryl methyl sites for hydroxylation is 1. The summed E-state index contributed by atoms with van der Waals surface area (Å²) in [6.45, 7) is 0.180. The molecule has 0 aromatic heterocycles. The quantitative estimate of drug-likeness (QED) is 0.363. The van der Waals surface area contributed by atoms with E-state index in [-0.39, 0.29) is 22.9 Å². The molecule has 0 bridgehead atoms. The highest BCUT2D eigenvalue weighted by Gasteiger charge is 2.15. The van der Waals surface area contributed by atoms with Crippen LogP contribution in [0.1, 0.15) is 12.0 Å². The van der Waals surface area contributed by atoms with E-state index in [2.05, 4.69) is 4.72 Å². The minimum atomic E-state index is -3.75. The Balaban J connectivity index is 1.96. The second-order valence-electron chi connectivity index (χ2n) is 5.49. The first-order valence-corrected chi connectivity index (χ1v) is 10.6. The van der Waals surface area contributed by atoms with Gasteiger partial charge in [0.1, 0.15) is 0 Å². The minimum Gasteiger partial charge on any atom is -0.396 e. The summed E-state index contributed by atoms with van der Waals surface area (Å²) in [5.41, 5.74) is 1.21. The number of non-ortho nitro benzene ring substituents is 1. The number of nitrogens with zero attached hydrogens (tertiary/aromatic N) is 1. The topological polar surface area (TPSA) is 110 Å². The summed E-state index contributed by atoms with van der Waals surface area (Å²) >= 11 is 1.69. The predicted molar refractivity (Wildman–Crippen MR) is 103 cm³/mol. The molecule has 2 rings (SSSR count). The predicted octanol–water partition coefficient (Wildman–Crippen LogP) is 3.05. The fourth-order valence-corrected chi connectivity index (χ4v) is 3.99. The van der Waals surface area contributed by atoms with E-state index in [0.29, 0.717) is 0 Å². The highest BCUT2D eigenvalue weighted by Crippen LogP contribution is 2.20. The number of anilines is 1. The van der Waals surface area contributed by atoms with E-state index in [1.165, 1.54) is 24.3 Å². The van der Waals surface area contributed by atoms with Gasteiger partial charge >= 0.3 is 0 Å². The van der Waals surface area contributed by atoms with Crippen LogP contribution in [-0.2, 0) is 16.4 Å². The molecule has 0 aliphatic heterocycles. The molecule has 140 valence electrons. The Morgan fingerprint density at radius 2 is 1.69 bits per heavy atom. The molecule has 9 heteroatoms. The van der Waals surface area contributed by atoms with E-state index in [1.807, 2.05) is 0 Å². The second kappa shape index (κ2) is 9.56. The molecule has 0 heterocycles. The Kier molecular flexibility index (Phi) is 7.43. The molecule has 26 heavy (non-hydrogen) atoms. The van der Waals surface area contributed by atoms with Crippen LogP contribution in [0.3, 0.4) is 0 Å². The third-order valence-electron chi connectivity index (χ3n) is 3.55. The number of rotatable bonds is 10. The van der Waals surface area contributed by atoms with E-state index in [1.54, 1.807) is 36.0 Å². The van der Waals surface area contributed by atoms with Gasteiger partial charge < -0.3 is 5.11 Å². The van der Waals surface area contributed by atoms with Gasteiger partial charge in [-0.2, -0.15) is 11.8 Å². The van der Waals surface area contributed by atoms with Gasteiger partial charge in [0.2, 0.25) is 0 Å². The standard InChI is InChI=1S/C17H20N2O5S2/c20-11-13-25-12-1-2-14-3-9-17(10-4-14)26(23,24)18-15-5-7-16(8-6-15)19(21)22/h3-10,18,20H,1-2,11-13H2. The van der Waals surface area contributed by atoms with Crippen LogP contribution >= 0.6 is 11.8 Å². The molecule has 0 spiro atoms. The molecule has 2 N–H and O–H groups in total. The molecule has 0 radical (unpaired) electrons. The summed E-state index contributed by atoms with van der Waals surface area (Å²) in [7, 11) is -3.75. The maximum Gasteiger partial charge on any atom is 0.269 e. The van der Waals surface area contributed by atoms with Crippen LogP contribution in [0.25, 0.3) is 0 Å². The van der Waals surface area contributed by atoms with Crippen LogP contribution in [0.15, 0.2) is 53.4 Å². The number of sulfonamides is 1. The fraction of sp³-hybridized carbons (Fsp3) is 0.294. The number of hydrogen-bond donors (Lipinski definition) is 2. The SMILES string of the molecule is O=[N+]([O-])c1ccc(NS(=O)(=O)c2ccc(CCCSCCO)cc2)cc1. The number of thioether (sulfide) groups is 1. The lowest BCUT2D eigenvalue weighted by atomic mass is 10.1. The summed E-state index contributed by atoms with van der Waals surface area (Å²) in [6.07, 6.45) is 1.80. The molecule has 0 amide bonds. The van der Waals surface area contributed by atoms with Gasteiger partial charge in [-0.05, 0) is 48.4 Å². The molecular weight excluding hydrogens is 376 g/mol. The summed E-state index contributed by atoms with van der Waals surface area (Å²) in [4.78, 5) is 10.2. The second-order valence-corrected chi connectivity index (χ2v) is 8.40. The van der Waals surface area contributed by atoms with Gasteiger partial charge in [0.25, 0.3) is 15.7 Å². The van der Waals surface area contributed by atoms with Crippen LogP contribution in [0.4, 0.5) is 11.4 Å². The highest BCUT2D eigenvalue weighted by molar-refractivity contribution is 7.99. The molecule has 7 nitrogen and oxygen atoms in total. The van der Waals surface area contributed by atoms with Gasteiger partial charge in [-0.1, -0.05) is 12.1 Å². The fourth-order valence-electron chi connectivity index (χ4n) is 2.25. The zero-order valence-corrected chi connectivity index (χ0v) is 15.6. The minimum absolute atomic E-state index is 0.102. The molecule has 0 saturated carbocycles. The lowest BCUT2D eigenvalue weighted by Crippen LogP contribution is -2.12. The molecule has 2 aromatic carbocycles. The number of hydrogen-bond acceptors (Lipinski definition) is 6. The van der Waals surface area contributed by atoms with Crippen molar-refractivity contribution in [2.45, 2.75) is 17.7 Å². The number of nitro groups is 1. The van der Waals surface area contributed by atoms with Gasteiger partial charge in [0, 0.05) is 23.6 Å². The van der Waals surface area contributed by atoms with Crippen LogP contribution in [0, 0.1) is 10.1 Å². The van der Waals surface area contributed by atoms with Gasteiger partial charge in [0.05, 0.1) is 16.4 Å². The van der Waals surface area contributed by atoms with E-state index < -0.39 is 14.9 Å². The lowest BCUT2D eigenvalue weighted by Gasteiger charge is -2.09. The van der Waals surface area contributed by atoms with Crippen molar-refractivity contribution in [1.29, 1.82) is 0 Å². The zero-order valence-electron chi connectivity index (χ0n) is 14.0. The largest absolute Gasteiger partial charge is 0.396 e. The van der Waals surface area contributed by atoms with Crippen LogP contribution in [0.5, 0.6) is 0 Å². The number of benzene rings is 2. The first kappa shape index (κ1) is 20.2. The monoisotopic (exact) mass is 396 g/mol. The molecular formula is C17H20N2O5S2. The Labute approximate surface area is 156 Å². The van der Waals surface area contributed by atoms with Gasteiger partial charge in [-0.3, -0.25) is 14.8 Å². The Morgan fingerprint density at radius 1 is 1.04 bits per heavy atom. The Morgan fingerprint density at radius 3 is 2.27 bits per heavy atom. The maximum atomic E-state index is 12.4. The maximum absolute atomic E-state index is 12.4. The Hall–Kier alpha value is -2.10. The first-order chi connectivity index (χ1) is 12.4. The summed E-state index contributed by atoms with van der Waals surface area (Å²) in [6, 6.07) is 11.9. The van der Waals surface area contributed by atoms with Crippen molar-refractivity contribution in [3.63, 3.8) is 0 Å². The van der Waals surface area contributed by atoms with E-state index in [9.17, 15) is 18.5 Å². The van der Waals surface area contributed by atoms with Crippen LogP contribution in [-0.4, -0.2) is 36.6 Å². The number of aliphatic hydroxyl groups excluding tert-OH is 1. The summed E-state index contributed by atoms with van der Waals surface area (Å²) in [5, 5.41) is 19.4. The van der Waals surface area contributed by atoms with Gasteiger partial charge in [0.15, 0.2) is 0 Å². The summed E-state index contributed by atoms with van der Waals surface area (Å²) in [5.74, 6) is 1.67. The third kappa shape index (κ3) is 6.01. The van der Waals surface area contributed by atoms with Crippen LogP contribution < -0.4 is 4.72 Å². The average molecular weight is 396 g/mol. The molecule has 0 saturated heterocycles. The van der Waals surface area contributed by atoms with Crippen molar-refractivity contribution in [3.05, 3.63) is 64.2 Å². The third-order valence-corrected chi connectivity index (χ3v) is 6.00. The average Bonchev–Trinajstić information content (AvgIpc) is 2.62. The van der Waals surface area contributed by atoms with Gasteiger partial charge in [-0.25, -0.2) is 8.42 Å². The molecule has 0 unspecified atom stereocenters. The molecule has 0 aliphatic carbocycles. The van der Waals surface area contributed by atoms with E-state index in [0.717, 1.165) is 29.9 Å². The zero-order chi connectivity index (χ0) is 19.0. The molecule has 2 aromatic rings. The van der Waals surface area contributed by atoms with Crippen LogP contribution in [0.2, 0.25) is 0 Å². The van der Waals surface area contributed by atoms with E-state index >= 15 is 0 Å². The van der Waals surface area contributed by atoms with Crippen molar-refractivity contribution < 1.29 is 18.4 Å². The number of aliphatic hydroxyl groups is 1. The molecule has 0 fully saturated rings. The summed E-state index contributed by atoms with van der Waals surface area (Å²) < 4.78 is 27.2. The van der Waals surface area contributed by atoms with Gasteiger partial charge in [-0.15, -0.1) is 0 Å². The van der Waals surface area contributed by atoms with Crippen molar-refractivity contribution in [3.8, 4) is 0 Å². The smallest absolute Gasteiger partial charge is 0.269 e. The number of nitro benzene ring substituents is 1. The van der Waals surface area contributed by atoms with Crippen molar-refractivity contribution >= 4 is 33.2 Å². The van der Waals surface area contributed by atoms with Crippen molar-refractivity contribution in [2.24, 2.45) is 0 Å². The van der Waals surface area contributed by atoms with E-state index in [4.69, 9.17) is 5.11 Å². The highest BCUT2D eigenvalue weighted by atomic mass is 32.2. The first-order valence-electron chi connectivity index (χ1n) is 7.97. The Bertz CT molecular complexity index is 821. The van der Waals surface area contributed by atoms with Crippen molar-refractivity contribution in [2.75, 3.05) is 22.8 Å². The lowest BCUT2D eigenvalue weighted by molar-refractivity contribution is -0.384. The molecule has 0 atom stereocenters. The molecule has 0 aliphatic rings. The van der Waals surface area contributed by atoms with Crippen molar-refractivity contribution in [1.82, 2.24) is 0 Å².